The fourth-order valence-electron chi connectivity index (χ4n) is 2.69. The Hall–Kier alpha value is -1.10. The Bertz CT molecular complexity index is 313. The van der Waals surface area contributed by atoms with Gasteiger partial charge >= 0.3 is 11.9 Å². The Morgan fingerprint density at radius 2 is 1.81 bits per heavy atom. The highest BCUT2D eigenvalue weighted by Crippen LogP contribution is 2.47. The van der Waals surface area contributed by atoms with Gasteiger partial charge in [0.1, 0.15) is 0 Å². The lowest BCUT2D eigenvalue weighted by Crippen LogP contribution is -2.42. The SMILES string of the molecule is COC(=O)C1CC2OC2C(C)C1C(=O)OC. The van der Waals surface area contributed by atoms with E-state index in [4.69, 9.17) is 14.2 Å². The van der Waals surface area contributed by atoms with Gasteiger partial charge < -0.3 is 14.2 Å². The summed E-state index contributed by atoms with van der Waals surface area (Å²) < 4.78 is 14.9. The van der Waals surface area contributed by atoms with Crippen LogP contribution in [0.4, 0.5) is 0 Å². The molecule has 0 aromatic carbocycles. The van der Waals surface area contributed by atoms with E-state index in [0.29, 0.717) is 6.42 Å². The van der Waals surface area contributed by atoms with Crippen LogP contribution in [-0.2, 0) is 23.8 Å². The minimum Gasteiger partial charge on any atom is -0.469 e. The standard InChI is InChI=1S/C11H16O5/c1-5-8(11(13)15-3)6(10(12)14-2)4-7-9(5)16-7/h5-9H,4H2,1-3H3. The van der Waals surface area contributed by atoms with Crippen molar-refractivity contribution in [2.75, 3.05) is 14.2 Å². The van der Waals surface area contributed by atoms with E-state index in [2.05, 4.69) is 0 Å². The molecule has 16 heavy (non-hydrogen) atoms. The summed E-state index contributed by atoms with van der Waals surface area (Å²) in [4.78, 5) is 23.3. The van der Waals surface area contributed by atoms with Crippen LogP contribution < -0.4 is 0 Å². The van der Waals surface area contributed by atoms with Crippen molar-refractivity contribution in [3.63, 3.8) is 0 Å². The molecule has 1 saturated carbocycles. The first-order valence-electron chi connectivity index (χ1n) is 5.41. The number of ether oxygens (including phenoxy) is 3. The summed E-state index contributed by atoms with van der Waals surface area (Å²) in [6.45, 7) is 1.92. The number of methoxy groups -OCH3 is 2. The third kappa shape index (κ3) is 1.69. The van der Waals surface area contributed by atoms with Crippen molar-refractivity contribution in [1.82, 2.24) is 0 Å². The molecule has 5 unspecified atom stereocenters. The second-order valence-electron chi connectivity index (χ2n) is 4.41. The molecule has 1 saturated heterocycles. The van der Waals surface area contributed by atoms with Crippen molar-refractivity contribution in [2.45, 2.75) is 25.6 Å². The van der Waals surface area contributed by atoms with E-state index >= 15 is 0 Å². The number of rotatable bonds is 2. The number of esters is 2. The van der Waals surface area contributed by atoms with E-state index in [-0.39, 0.29) is 30.1 Å². The van der Waals surface area contributed by atoms with Gasteiger partial charge in [0, 0.05) is 0 Å². The molecule has 0 amide bonds. The second kappa shape index (κ2) is 4.05. The highest BCUT2D eigenvalue weighted by molar-refractivity contribution is 5.82. The van der Waals surface area contributed by atoms with Gasteiger partial charge in [0.2, 0.25) is 0 Å². The van der Waals surface area contributed by atoms with Crippen LogP contribution in [0.1, 0.15) is 13.3 Å². The molecule has 2 aliphatic rings. The maximum Gasteiger partial charge on any atom is 0.309 e. The largest absolute Gasteiger partial charge is 0.469 e. The normalized spacial score (nSPS) is 40.8. The second-order valence-corrected chi connectivity index (χ2v) is 4.41. The van der Waals surface area contributed by atoms with Crippen molar-refractivity contribution >= 4 is 11.9 Å². The number of epoxide rings is 1. The molecule has 5 nitrogen and oxygen atoms in total. The lowest BCUT2D eigenvalue weighted by molar-refractivity contribution is -0.161. The fourth-order valence-corrected chi connectivity index (χ4v) is 2.69. The van der Waals surface area contributed by atoms with E-state index in [1.54, 1.807) is 0 Å². The van der Waals surface area contributed by atoms with Gasteiger partial charge in [-0.1, -0.05) is 6.92 Å². The van der Waals surface area contributed by atoms with Crippen LogP contribution in [0.2, 0.25) is 0 Å². The van der Waals surface area contributed by atoms with Gasteiger partial charge in [-0.2, -0.15) is 0 Å². The van der Waals surface area contributed by atoms with Crippen LogP contribution in [0.15, 0.2) is 0 Å². The first-order chi connectivity index (χ1) is 7.60. The van der Waals surface area contributed by atoms with E-state index in [1.807, 2.05) is 6.92 Å². The van der Waals surface area contributed by atoms with Crippen molar-refractivity contribution < 1.29 is 23.8 Å². The topological polar surface area (TPSA) is 65.1 Å². The van der Waals surface area contributed by atoms with E-state index in [0.717, 1.165) is 0 Å². The predicted octanol–water partition coefficient (Wildman–Crippen LogP) is 0.372. The van der Waals surface area contributed by atoms with Gasteiger partial charge in [-0.25, -0.2) is 0 Å². The molecule has 1 aliphatic carbocycles. The van der Waals surface area contributed by atoms with Crippen molar-refractivity contribution in [1.29, 1.82) is 0 Å². The fraction of sp³-hybridized carbons (Fsp3) is 0.818. The van der Waals surface area contributed by atoms with E-state index < -0.39 is 11.8 Å². The molecule has 0 spiro atoms. The summed E-state index contributed by atoms with van der Waals surface area (Å²) in [7, 11) is 2.67. The highest BCUT2D eigenvalue weighted by atomic mass is 16.6. The maximum atomic E-state index is 11.7. The van der Waals surface area contributed by atoms with Crippen LogP contribution in [-0.4, -0.2) is 38.4 Å². The van der Waals surface area contributed by atoms with Gasteiger partial charge in [-0.3, -0.25) is 9.59 Å². The van der Waals surface area contributed by atoms with Crippen LogP contribution in [0.25, 0.3) is 0 Å². The monoisotopic (exact) mass is 228 g/mol. The lowest BCUT2D eigenvalue weighted by Gasteiger charge is -2.30. The first-order valence-corrected chi connectivity index (χ1v) is 5.41. The number of hydrogen-bond acceptors (Lipinski definition) is 5. The van der Waals surface area contributed by atoms with Crippen LogP contribution in [0.5, 0.6) is 0 Å². The zero-order chi connectivity index (χ0) is 11.9. The number of carbonyl (C=O) groups is 2. The average molecular weight is 228 g/mol. The summed E-state index contributed by atoms with van der Waals surface area (Å²) in [6.07, 6.45) is 0.770. The molecule has 2 fully saturated rings. The highest BCUT2D eigenvalue weighted by Gasteiger charge is 2.57. The molecule has 0 N–H and O–H groups in total. The Balaban J connectivity index is 2.19. The van der Waals surface area contributed by atoms with Gasteiger partial charge in [-0.15, -0.1) is 0 Å². The Morgan fingerprint density at radius 1 is 1.19 bits per heavy atom. The predicted molar refractivity (Wildman–Crippen MR) is 53.5 cm³/mol. The first kappa shape index (κ1) is 11.4. The summed E-state index contributed by atoms with van der Waals surface area (Å²) >= 11 is 0. The van der Waals surface area contributed by atoms with Crippen LogP contribution >= 0.6 is 0 Å². The van der Waals surface area contributed by atoms with E-state index in [9.17, 15) is 9.59 Å². The van der Waals surface area contributed by atoms with Crippen LogP contribution in [0.3, 0.4) is 0 Å². The minimum atomic E-state index is -0.443. The molecule has 5 atom stereocenters. The Kier molecular flexibility index (Phi) is 2.88. The molecular weight excluding hydrogens is 212 g/mol. The lowest BCUT2D eigenvalue weighted by atomic mass is 9.73. The average Bonchev–Trinajstić information content (AvgIpc) is 3.06. The maximum absolute atomic E-state index is 11.7. The van der Waals surface area contributed by atoms with Gasteiger partial charge in [0.15, 0.2) is 0 Å². The van der Waals surface area contributed by atoms with Crippen molar-refractivity contribution in [3.05, 3.63) is 0 Å². The smallest absolute Gasteiger partial charge is 0.309 e. The number of fused-ring (bicyclic) bond motifs is 1. The van der Waals surface area contributed by atoms with Gasteiger partial charge in [0.25, 0.3) is 0 Å². The minimum absolute atomic E-state index is 0.00954. The van der Waals surface area contributed by atoms with Gasteiger partial charge in [0.05, 0.1) is 38.3 Å². The summed E-state index contributed by atoms with van der Waals surface area (Å²) in [5.74, 6) is -1.57. The summed E-state index contributed by atoms with van der Waals surface area (Å²) in [6, 6.07) is 0. The molecule has 90 valence electrons. The van der Waals surface area contributed by atoms with Crippen LogP contribution in [0, 0.1) is 17.8 Å². The molecular formula is C11H16O5. The summed E-state index contributed by atoms with van der Waals surface area (Å²) in [5.41, 5.74) is 0. The number of hydrogen-bond donors (Lipinski definition) is 0. The molecule has 5 heteroatoms. The summed E-state index contributed by atoms with van der Waals surface area (Å²) in [5, 5.41) is 0. The zero-order valence-electron chi connectivity index (χ0n) is 9.64. The number of carbonyl (C=O) groups excluding carboxylic acids is 2. The van der Waals surface area contributed by atoms with Crippen molar-refractivity contribution in [3.8, 4) is 0 Å². The van der Waals surface area contributed by atoms with E-state index in [1.165, 1.54) is 14.2 Å². The molecule has 0 bridgehead atoms. The molecule has 0 aromatic rings. The Labute approximate surface area is 94.0 Å². The molecule has 0 aromatic heterocycles. The molecule has 0 radical (unpaired) electrons. The molecule has 1 aliphatic heterocycles. The van der Waals surface area contributed by atoms with Crippen molar-refractivity contribution in [2.24, 2.45) is 17.8 Å². The molecule has 2 rings (SSSR count). The third-order valence-corrected chi connectivity index (χ3v) is 3.60. The third-order valence-electron chi connectivity index (χ3n) is 3.60. The quantitative estimate of drug-likeness (QED) is 0.504. The van der Waals surface area contributed by atoms with Gasteiger partial charge in [-0.05, 0) is 12.3 Å². The Morgan fingerprint density at radius 3 is 2.38 bits per heavy atom. The zero-order valence-corrected chi connectivity index (χ0v) is 9.64. The molecule has 1 heterocycles.